The number of aryl methyl sites for hydroxylation is 1. The van der Waals surface area contributed by atoms with E-state index in [1.807, 2.05) is 34.9 Å². The van der Waals surface area contributed by atoms with Gasteiger partial charge in [0.2, 0.25) is 5.91 Å². The Hall–Kier alpha value is -3.38. The van der Waals surface area contributed by atoms with E-state index in [0.29, 0.717) is 17.5 Å². The van der Waals surface area contributed by atoms with Gasteiger partial charge in [0.25, 0.3) is 5.56 Å². The Balaban J connectivity index is 1.21. The molecule has 1 fully saturated rings. The predicted molar refractivity (Wildman–Crippen MR) is 138 cm³/mol. The van der Waals surface area contributed by atoms with E-state index in [4.69, 9.17) is 4.74 Å². The van der Waals surface area contributed by atoms with Gasteiger partial charge in [-0.15, -0.1) is 0 Å². The van der Waals surface area contributed by atoms with Crippen LogP contribution < -0.4 is 15.6 Å². The number of carbonyl (C=O) groups is 1. The number of anilines is 1. The van der Waals surface area contributed by atoms with Gasteiger partial charge in [0.1, 0.15) is 11.4 Å². The first-order valence-electron chi connectivity index (χ1n) is 12.5. The van der Waals surface area contributed by atoms with Crippen LogP contribution in [0.1, 0.15) is 35.6 Å². The van der Waals surface area contributed by atoms with Gasteiger partial charge in [0, 0.05) is 31.2 Å². The van der Waals surface area contributed by atoms with E-state index in [-0.39, 0.29) is 17.9 Å². The summed E-state index contributed by atoms with van der Waals surface area (Å²) in [4.78, 5) is 28.4. The van der Waals surface area contributed by atoms with Crippen LogP contribution in [0.2, 0.25) is 0 Å². The summed E-state index contributed by atoms with van der Waals surface area (Å²) in [5, 5.41) is 2.84. The third kappa shape index (κ3) is 5.49. The van der Waals surface area contributed by atoms with E-state index in [1.165, 1.54) is 5.56 Å². The number of likely N-dealkylation sites (tertiary alicyclic amines) is 1. The fourth-order valence-corrected chi connectivity index (χ4v) is 5.60. The SMILES string of the molecule is COc1ccc(CC(=O)Nc2ccc3n(c2=O)C[C@H]2C[C@@H]3CN(CCCc3ccccc3)C2)cc1. The summed E-state index contributed by atoms with van der Waals surface area (Å²) in [5.74, 6) is 1.41. The molecule has 2 aliphatic heterocycles. The zero-order valence-corrected chi connectivity index (χ0v) is 20.3. The molecule has 2 aromatic carbocycles. The highest BCUT2D eigenvalue weighted by molar-refractivity contribution is 5.92. The molecule has 35 heavy (non-hydrogen) atoms. The van der Waals surface area contributed by atoms with E-state index >= 15 is 0 Å². The molecule has 0 saturated carbocycles. The maximum absolute atomic E-state index is 13.2. The van der Waals surface area contributed by atoms with Crippen LogP contribution in [0.25, 0.3) is 0 Å². The first-order chi connectivity index (χ1) is 17.1. The van der Waals surface area contributed by atoms with Crippen LogP contribution in [-0.2, 0) is 24.2 Å². The number of piperidine rings is 1. The van der Waals surface area contributed by atoms with Crippen molar-refractivity contribution in [1.29, 1.82) is 0 Å². The van der Waals surface area contributed by atoms with Gasteiger partial charge in [-0.25, -0.2) is 0 Å². The summed E-state index contributed by atoms with van der Waals surface area (Å²) in [6.45, 7) is 3.84. The van der Waals surface area contributed by atoms with Gasteiger partial charge < -0.3 is 19.5 Å². The van der Waals surface area contributed by atoms with Gasteiger partial charge >= 0.3 is 0 Å². The lowest BCUT2D eigenvalue weighted by molar-refractivity contribution is -0.115. The van der Waals surface area contributed by atoms with Crippen LogP contribution in [0.5, 0.6) is 5.75 Å². The smallest absolute Gasteiger partial charge is 0.274 e. The first kappa shape index (κ1) is 23.4. The summed E-state index contributed by atoms with van der Waals surface area (Å²) in [7, 11) is 1.61. The minimum Gasteiger partial charge on any atom is -0.497 e. The number of pyridine rings is 1. The highest BCUT2D eigenvalue weighted by Gasteiger charge is 2.34. The molecule has 0 aliphatic carbocycles. The highest BCUT2D eigenvalue weighted by Crippen LogP contribution is 2.35. The van der Waals surface area contributed by atoms with Crippen molar-refractivity contribution in [3.05, 3.63) is 93.9 Å². The number of carbonyl (C=O) groups excluding carboxylic acids is 1. The molecule has 3 heterocycles. The van der Waals surface area contributed by atoms with Gasteiger partial charge in [-0.05, 0) is 67.1 Å². The number of nitrogens with zero attached hydrogens (tertiary/aromatic N) is 2. The number of hydrogen-bond acceptors (Lipinski definition) is 4. The van der Waals surface area contributed by atoms with Crippen molar-refractivity contribution < 1.29 is 9.53 Å². The molecule has 6 heteroatoms. The van der Waals surface area contributed by atoms with Crippen molar-refractivity contribution in [3.63, 3.8) is 0 Å². The Morgan fingerprint density at radius 2 is 1.77 bits per heavy atom. The number of hydrogen-bond donors (Lipinski definition) is 1. The molecule has 182 valence electrons. The molecule has 0 radical (unpaired) electrons. The molecule has 6 nitrogen and oxygen atoms in total. The lowest BCUT2D eigenvalue weighted by atomic mass is 9.83. The molecule has 1 N–H and O–H groups in total. The van der Waals surface area contributed by atoms with Crippen LogP contribution in [-0.4, -0.2) is 42.1 Å². The molecule has 3 aromatic rings. The van der Waals surface area contributed by atoms with Crippen LogP contribution in [0.4, 0.5) is 5.69 Å². The van der Waals surface area contributed by atoms with E-state index in [2.05, 4.69) is 40.5 Å². The van der Waals surface area contributed by atoms with Gasteiger partial charge in [-0.2, -0.15) is 0 Å². The average molecular weight is 472 g/mol. The van der Waals surface area contributed by atoms with Crippen LogP contribution in [0, 0.1) is 5.92 Å². The number of amides is 1. The second-order valence-electron chi connectivity index (χ2n) is 9.81. The second kappa shape index (κ2) is 10.5. The summed E-state index contributed by atoms with van der Waals surface area (Å²) in [5.41, 5.74) is 3.66. The Bertz CT molecular complexity index is 1220. The van der Waals surface area contributed by atoms with Crippen LogP contribution in [0.15, 0.2) is 71.5 Å². The maximum Gasteiger partial charge on any atom is 0.274 e. The standard InChI is InChI=1S/C29H33N3O3/c1-35-25-11-9-22(10-12-25)17-28(33)30-26-13-14-27-24-16-23(19-32(27)29(26)34)18-31(20-24)15-5-8-21-6-3-2-4-7-21/h2-4,6-7,9-14,23-24H,5,8,15-20H2,1H3,(H,30,33)/t23-,24+/m0/s1. The maximum atomic E-state index is 13.2. The zero-order chi connectivity index (χ0) is 24.2. The number of fused-ring (bicyclic) bond motifs is 4. The number of methoxy groups -OCH3 is 1. The molecule has 0 unspecified atom stereocenters. The van der Waals surface area contributed by atoms with E-state index in [1.54, 1.807) is 13.2 Å². The minimum absolute atomic E-state index is 0.0854. The third-order valence-electron chi connectivity index (χ3n) is 7.26. The largest absolute Gasteiger partial charge is 0.497 e. The van der Waals surface area contributed by atoms with Gasteiger partial charge in [-0.3, -0.25) is 9.59 Å². The molecule has 5 rings (SSSR count). The summed E-state index contributed by atoms with van der Waals surface area (Å²) in [6.07, 6.45) is 3.60. The molecule has 2 aliphatic rings. The van der Waals surface area contributed by atoms with Crippen molar-refractivity contribution >= 4 is 11.6 Å². The highest BCUT2D eigenvalue weighted by atomic mass is 16.5. The molecule has 2 bridgehead atoms. The Morgan fingerprint density at radius 1 is 0.971 bits per heavy atom. The Kier molecular flexibility index (Phi) is 7.00. The van der Waals surface area contributed by atoms with Crippen LogP contribution >= 0.6 is 0 Å². The topological polar surface area (TPSA) is 63.6 Å². The fraction of sp³-hybridized carbons (Fsp3) is 0.379. The van der Waals surface area contributed by atoms with Crippen molar-refractivity contribution in [1.82, 2.24) is 9.47 Å². The molecular weight excluding hydrogens is 438 g/mol. The normalized spacial score (nSPS) is 19.1. The molecule has 2 atom stereocenters. The van der Waals surface area contributed by atoms with E-state index in [9.17, 15) is 9.59 Å². The number of aromatic nitrogens is 1. The number of ether oxygens (including phenoxy) is 1. The molecule has 1 amide bonds. The Morgan fingerprint density at radius 3 is 2.54 bits per heavy atom. The van der Waals surface area contributed by atoms with Crippen molar-refractivity contribution in [2.75, 3.05) is 32.1 Å². The lowest BCUT2D eigenvalue weighted by Gasteiger charge is -2.43. The summed E-state index contributed by atoms with van der Waals surface area (Å²) < 4.78 is 7.07. The van der Waals surface area contributed by atoms with Gasteiger partial charge in [-0.1, -0.05) is 42.5 Å². The molecule has 1 aromatic heterocycles. The Labute approximate surface area is 206 Å². The van der Waals surface area contributed by atoms with Crippen molar-refractivity contribution in [2.45, 2.75) is 38.1 Å². The summed E-state index contributed by atoms with van der Waals surface area (Å²) >= 11 is 0. The van der Waals surface area contributed by atoms with Crippen LogP contribution in [0.3, 0.4) is 0 Å². The quantitative estimate of drug-likeness (QED) is 0.538. The molecular formula is C29H33N3O3. The summed E-state index contributed by atoms with van der Waals surface area (Å²) in [6, 6.07) is 21.9. The first-order valence-corrected chi connectivity index (χ1v) is 12.5. The minimum atomic E-state index is -0.187. The molecule has 1 saturated heterocycles. The lowest BCUT2D eigenvalue weighted by Crippen LogP contribution is -2.47. The van der Waals surface area contributed by atoms with E-state index < -0.39 is 0 Å². The predicted octanol–water partition coefficient (Wildman–Crippen LogP) is 4.09. The zero-order valence-electron chi connectivity index (χ0n) is 20.3. The molecule has 0 spiro atoms. The second-order valence-corrected chi connectivity index (χ2v) is 9.81. The average Bonchev–Trinajstić information content (AvgIpc) is 2.87. The van der Waals surface area contributed by atoms with Crippen molar-refractivity contribution in [3.8, 4) is 5.75 Å². The monoisotopic (exact) mass is 471 g/mol. The number of nitrogens with one attached hydrogen (secondary N) is 1. The van der Waals surface area contributed by atoms with E-state index in [0.717, 1.165) is 62.4 Å². The third-order valence-corrected chi connectivity index (χ3v) is 7.26. The van der Waals surface area contributed by atoms with Crippen molar-refractivity contribution in [2.24, 2.45) is 5.92 Å². The fourth-order valence-electron chi connectivity index (χ4n) is 5.60. The van der Waals surface area contributed by atoms with Gasteiger partial charge in [0.05, 0.1) is 13.5 Å². The number of benzene rings is 2. The van der Waals surface area contributed by atoms with Gasteiger partial charge in [0.15, 0.2) is 0 Å². The number of rotatable bonds is 8.